The number of nitrogens with zero attached hydrogens (tertiary/aromatic N) is 1. The topological polar surface area (TPSA) is 63.4 Å². The van der Waals surface area contributed by atoms with Crippen LogP contribution in [0.5, 0.6) is 0 Å². The Bertz CT molecular complexity index is 551. The monoisotopic (exact) mass is 282 g/mol. The first-order chi connectivity index (χ1) is 8.95. The number of nitrogen functional groups attached to an aromatic ring is 1. The van der Waals surface area contributed by atoms with Crippen LogP contribution in [0.25, 0.3) is 0 Å². The van der Waals surface area contributed by atoms with Gasteiger partial charge < -0.3 is 5.73 Å². The Hall–Kier alpha value is -1.07. The van der Waals surface area contributed by atoms with Crippen LogP contribution in [-0.2, 0) is 10.0 Å². The molecule has 2 rings (SSSR count). The number of nitrogens with two attached hydrogens (primary N) is 1. The summed E-state index contributed by atoms with van der Waals surface area (Å²) in [5.41, 5.74) is 7.20. The van der Waals surface area contributed by atoms with E-state index in [1.54, 1.807) is 22.5 Å². The summed E-state index contributed by atoms with van der Waals surface area (Å²) in [7, 11) is -3.46. The maximum absolute atomic E-state index is 12.7. The summed E-state index contributed by atoms with van der Waals surface area (Å²) in [4.78, 5) is 0.243. The number of hydrogen-bond acceptors (Lipinski definition) is 3. The van der Waals surface area contributed by atoms with Crippen LogP contribution in [-0.4, -0.2) is 25.8 Å². The van der Waals surface area contributed by atoms with Gasteiger partial charge in [0.15, 0.2) is 0 Å². The molecule has 0 heterocycles. The highest BCUT2D eigenvalue weighted by Gasteiger charge is 2.32. The number of hydrogen-bond donors (Lipinski definition) is 1. The predicted octanol–water partition coefficient (Wildman–Crippen LogP) is 2.39. The van der Waals surface area contributed by atoms with E-state index in [4.69, 9.17) is 5.73 Å². The van der Waals surface area contributed by atoms with E-state index in [-0.39, 0.29) is 4.90 Å². The average molecular weight is 282 g/mol. The summed E-state index contributed by atoms with van der Waals surface area (Å²) >= 11 is 0. The van der Waals surface area contributed by atoms with Crippen molar-refractivity contribution >= 4 is 15.7 Å². The van der Waals surface area contributed by atoms with E-state index >= 15 is 0 Å². The highest BCUT2D eigenvalue weighted by Crippen LogP contribution is 2.32. The number of sulfonamides is 1. The van der Waals surface area contributed by atoms with E-state index in [9.17, 15) is 8.42 Å². The molecule has 1 aliphatic rings. The fourth-order valence-electron chi connectivity index (χ4n) is 2.19. The van der Waals surface area contributed by atoms with E-state index in [0.717, 1.165) is 24.8 Å². The Kier molecular flexibility index (Phi) is 4.16. The van der Waals surface area contributed by atoms with Gasteiger partial charge in [0.1, 0.15) is 4.90 Å². The maximum atomic E-state index is 12.7. The molecule has 1 aliphatic carbocycles. The SMILES string of the molecule is CCCN(CC1CC1)S(=O)(=O)c1ccc(C)cc1N. The number of rotatable bonds is 6. The smallest absolute Gasteiger partial charge is 0.245 e. The van der Waals surface area contributed by atoms with Gasteiger partial charge in [-0.3, -0.25) is 0 Å². The normalized spacial score (nSPS) is 15.9. The van der Waals surface area contributed by atoms with Gasteiger partial charge >= 0.3 is 0 Å². The predicted molar refractivity (Wildman–Crippen MR) is 77.4 cm³/mol. The van der Waals surface area contributed by atoms with Crippen molar-refractivity contribution in [1.29, 1.82) is 0 Å². The summed E-state index contributed by atoms with van der Waals surface area (Å²) in [5, 5.41) is 0. The summed E-state index contributed by atoms with van der Waals surface area (Å²) in [6.07, 6.45) is 3.09. The molecule has 5 heteroatoms. The first-order valence-electron chi connectivity index (χ1n) is 6.81. The molecule has 2 N–H and O–H groups in total. The molecule has 0 bridgehead atoms. The average Bonchev–Trinajstić information content (AvgIpc) is 3.11. The molecule has 0 radical (unpaired) electrons. The minimum atomic E-state index is -3.46. The molecule has 0 aromatic heterocycles. The lowest BCUT2D eigenvalue weighted by Crippen LogP contribution is -2.34. The van der Waals surface area contributed by atoms with E-state index in [1.165, 1.54) is 0 Å². The minimum absolute atomic E-state index is 0.243. The van der Waals surface area contributed by atoms with Crippen LogP contribution < -0.4 is 5.73 Å². The van der Waals surface area contributed by atoms with Crippen molar-refractivity contribution in [3.63, 3.8) is 0 Å². The molecule has 1 saturated carbocycles. The highest BCUT2D eigenvalue weighted by molar-refractivity contribution is 7.89. The lowest BCUT2D eigenvalue weighted by Gasteiger charge is -2.22. The van der Waals surface area contributed by atoms with Crippen LogP contribution in [0.2, 0.25) is 0 Å². The van der Waals surface area contributed by atoms with Crippen LogP contribution in [0.4, 0.5) is 5.69 Å². The molecule has 1 fully saturated rings. The molecule has 4 nitrogen and oxygen atoms in total. The van der Waals surface area contributed by atoms with Crippen molar-refractivity contribution in [2.24, 2.45) is 5.92 Å². The Morgan fingerprint density at radius 3 is 2.58 bits per heavy atom. The van der Waals surface area contributed by atoms with Gasteiger partial charge in [0.2, 0.25) is 10.0 Å². The highest BCUT2D eigenvalue weighted by atomic mass is 32.2. The van der Waals surface area contributed by atoms with Crippen molar-refractivity contribution < 1.29 is 8.42 Å². The zero-order valence-electron chi connectivity index (χ0n) is 11.6. The second-order valence-electron chi connectivity index (χ2n) is 5.35. The van der Waals surface area contributed by atoms with Crippen molar-refractivity contribution in [3.05, 3.63) is 23.8 Å². The molecule has 1 aromatic carbocycles. The van der Waals surface area contributed by atoms with Gasteiger partial charge in [-0.1, -0.05) is 13.0 Å². The van der Waals surface area contributed by atoms with Crippen molar-refractivity contribution in [2.75, 3.05) is 18.8 Å². The van der Waals surface area contributed by atoms with Crippen molar-refractivity contribution in [2.45, 2.75) is 38.0 Å². The largest absolute Gasteiger partial charge is 0.398 e. The molecule has 0 spiro atoms. The first-order valence-corrected chi connectivity index (χ1v) is 8.25. The van der Waals surface area contributed by atoms with Crippen LogP contribution in [0.15, 0.2) is 23.1 Å². The number of benzene rings is 1. The lowest BCUT2D eigenvalue weighted by atomic mass is 10.2. The van der Waals surface area contributed by atoms with Gasteiger partial charge in [-0.25, -0.2) is 8.42 Å². The lowest BCUT2D eigenvalue weighted by molar-refractivity contribution is 0.396. The molecular formula is C14H22N2O2S. The third-order valence-electron chi connectivity index (χ3n) is 3.41. The summed E-state index contributed by atoms with van der Waals surface area (Å²) in [6.45, 7) is 5.09. The molecule has 0 unspecified atom stereocenters. The van der Waals surface area contributed by atoms with Gasteiger partial charge in [0.05, 0.1) is 5.69 Å². The van der Waals surface area contributed by atoms with Crippen molar-refractivity contribution in [1.82, 2.24) is 4.31 Å². The summed E-state index contributed by atoms with van der Waals surface area (Å²) < 4.78 is 26.9. The van der Waals surface area contributed by atoms with Crippen LogP contribution >= 0.6 is 0 Å². The molecule has 0 aliphatic heterocycles. The van der Waals surface area contributed by atoms with Crippen molar-refractivity contribution in [3.8, 4) is 0 Å². The van der Waals surface area contributed by atoms with E-state index in [1.807, 2.05) is 13.8 Å². The molecule has 0 amide bonds. The Morgan fingerprint density at radius 2 is 2.05 bits per heavy atom. The molecule has 0 atom stereocenters. The Morgan fingerprint density at radius 1 is 1.37 bits per heavy atom. The molecule has 1 aromatic rings. The van der Waals surface area contributed by atoms with Gasteiger partial charge in [0, 0.05) is 13.1 Å². The molecule has 0 saturated heterocycles. The fraction of sp³-hybridized carbons (Fsp3) is 0.571. The number of aryl methyl sites for hydroxylation is 1. The van der Waals surface area contributed by atoms with E-state index in [0.29, 0.717) is 24.7 Å². The Labute approximate surface area is 115 Å². The van der Waals surface area contributed by atoms with Gasteiger partial charge in [-0.15, -0.1) is 0 Å². The molecule has 106 valence electrons. The quantitative estimate of drug-likeness (QED) is 0.815. The van der Waals surface area contributed by atoms with E-state index < -0.39 is 10.0 Å². The third kappa shape index (κ3) is 3.28. The minimum Gasteiger partial charge on any atom is -0.398 e. The third-order valence-corrected chi connectivity index (χ3v) is 5.35. The first kappa shape index (κ1) is 14.3. The van der Waals surface area contributed by atoms with Gasteiger partial charge in [0.25, 0.3) is 0 Å². The molecular weight excluding hydrogens is 260 g/mol. The van der Waals surface area contributed by atoms with Gasteiger partial charge in [-0.05, 0) is 49.8 Å². The maximum Gasteiger partial charge on any atom is 0.245 e. The zero-order chi connectivity index (χ0) is 14.0. The second kappa shape index (κ2) is 5.51. The second-order valence-corrected chi connectivity index (χ2v) is 7.25. The van der Waals surface area contributed by atoms with Crippen LogP contribution in [0.3, 0.4) is 0 Å². The zero-order valence-corrected chi connectivity index (χ0v) is 12.4. The van der Waals surface area contributed by atoms with Crippen LogP contribution in [0, 0.1) is 12.8 Å². The Balaban J connectivity index is 2.31. The standard InChI is InChI=1S/C14H22N2O2S/c1-3-8-16(10-12-5-6-12)19(17,18)14-7-4-11(2)9-13(14)15/h4,7,9,12H,3,5-6,8,10,15H2,1-2H3. The summed E-state index contributed by atoms with van der Waals surface area (Å²) in [5.74, 6) is 0.535. The van der Waals surface area contributed by atoms with Crippen LogP contribution in [0.1, 0.15) is 31.7 Å². The van der Waals surface area contributed by atoms with E-state index in [2.05, 4.69) is 0 Å². The molecule has 19 heavy (non-hydrogen) atoms. The fourth-order valence-corrected chi connectivity index (χ4v) is 3.89. The number of anilines is 1. The summed E-state index contributed by atoms with van der Waals surface area (Å²) in [6, 6.07) is 5.13. The van der Waals surface area contributed by atoms with Gasteiger partial charge in [-0.2, -0.15) is 4.31 Å².